The van der Waals surface area contributed by atoms with E-state index in [0.29, 0.717) is 29.0 Å². The molecule has 0 saturated carbocycles. The van der Waals surface area contributed by atoms with Gasteiger partial charge >= 0.3 is 0 Å². The van der Waals surface area contributed by atoms with Gasteiger partial charge in [-0.2, -0.15) is 0 Å². The average molecular weight is 476 g/mol. The van der Waals surface area contributed by atoms with E-state index in [1.54, 1.807) is 18.2 Å². The summed E-state index contributed by atoms with van der Waals surface area (Å²) in [5, 5.41) is 3.60. The maximum absolute atomic E-state index is 13.4. The highest BCUT2D eigenvalue weighted by Crippen LogP contribution is 2.23. The van der Waals surface area contributed by atoms with E-state index in [9.17, 15) is 9.18 Å². The Morgan fingerprint density at radius 1 is 1.12 bits per heavy atom. The molecule has 32 heavy (non-hydrogen) atoms. The second-order valence-electron chi connectivity index (χ2n) is 7.97. The predicted molar refractivity (Wildman–Crippen MR) is 125 cm³/mol. The third kappa shape index (κ3) is 5.88. The third-order valence-electron chi connectivity index (χ3n) is 5.67. The maximum atomic E-state index is 13.4. The van der Waals surface area contributed by atoms with Crippen molar-refractivity contribution >= 4 is 40.0 Å². The molecule has 1 amide bonds. The van der Waals surface area contributed by atoms with Crippen LogP contribution in [0.25, 0.3) is 10.9 Å². The van der Waals surface area contributed by atoms with Gasteiger partial charge in [0.25, 0.3) is 5.91 Å². The molecule has 1 N–H and O–H groups in total. The number of hydrogen-bond acceptors (Lipinski definition) is 4. The monoisotopic (exact) mass is 475 g/mol. The van der Waals surface area contributed by atoms with E-state index in [2.05, 4.69) is 10.4 Å². The van der Waals surface area contributed by atoms with Crippen molar-refractivity contribution in [2.45, 2.75) is 25.7 Å². The summed E-state index contributed by atoms with van der Waals surface area (Å²) in [7, 11) is 0. The van der Waals surface area contributed by atoms with Crippen LogP contribution in [0.5, 0.6) is 5.75 Å². The highest BCUT2D eigenvalue weighted by atomic mass is 35.5. The number of piperidine rings is 1. The Hall–Kier alpha value is -2.41. The van der Waals surface area contributed by atoms with Crippen LogP contribution >= 0.6 is 23.2 Å². The summed E-state index contributed by atoms with van der Waals surface area (Å²) in [6.07, 6.45) is 3.93. The number of carbonyl (C=O) groups is 1. The summed E-state index contributed by atoms with van der Waals surface area (Å²) in [5.74, 6) is 0.401. The standard InChI is InChI=1S/C24H24Cl2FN3O2/c25-18-4-8-22-17(14-18)3-7-23(28-22)24(31)29-30-11-9-16(10-12-30)2-1-13-32-19-5-6-20(26)21(27)15-19/h3-8,14-16H,1-2,9-13H2,(H,29,31). The quantitative estimate of drug-likeness (QED) is 0.432. The first-order valence-electron chi connectivity index (χ1n) is 10.7. The molecule has 8 heteroatoms. The number of nitrogens with one attached hydrogen (secondary N) is 1. The van der Waals surface area contributed by atoms with Crippen LogP contribution in [0, 0.1) is 11.7 Å². The minimum atomic E-state index is -0.470. The van der Waals surface area contributed by atoms with Gasteiger partial charge in [-0.05, 0) is 68.0 Å². The zero-order valence-corrected chi connectivity index (χ0v) is 19.0. The van der Waals surface area contributed by atoms with Crippen molar-refractivity contribution in [1.82, 2.24) is 15.4 Å². The zero-order chi connectivity index (χ0) is 22.5. The lowest BCUT2D eigenvalue weighted by atomic mass is 9.93. The Kier molecular flexibility index (Phi) is 7.45. The summed E-state index contributed by atoms with van der Waals surface area (Å²) in [5.41, 5.74) is 4.09. The van der Waals surface area contributed by atoms with Gasteiger partial charge in [0.2, 0.25) is 0 Å². The average Bonchev–Trinajstić information content (AvgIpc) is 2.79. The number of hydrazine groups is 1. The molecule has 1 fully saturated rings. The van der Waals surface area contributed by atoms with Crippen LogP contribution in [-0.2, 0) is 0 Å². The van der Waals surface area contributed by atoms with Crippen LogP contribution in [-0.4, -0.2) is 35.6 Å². The molecule has 1 aromatic heterocycles. The molecule has 0 radical (unpaired) electrons. The third-order valence-corrected chi connectivity index (χ3v) is 6.22. The van der Waals surface area contributed by atoms with Crippen molar-refractivity contribution in [2.75, 3.05) is 19.7 Å². The van der Waals surface area contributed by atoms with E-state index in [1.807, 2.05) is 23.2 Å². The number of hydrogen-bond donors (Lipinski definition) is 1. The minimum Gasteiger partial charge on any atom is -0.493 e. The Labute approximate surface area is 196 Å². The van der Waals surface area contributed by atoms with Gasteiger partial charge in [0, 0.05) is 29.6 Å². The smallest absolute Gasteiger partial charge is 0.284 e. The van der Waals surface area contributed by atoms with E-state index in [-0.39, 0.29) is 10.9 Å². The van der Waals surface area contributed by atoms with Gasteiger partial charge in [-0.15, -0.1) is 0 Å². The van der Waals surface area contributed by atoms with Gasteiger partial charge in [0.1, 0.15) is 17.3 Å². The first-order chi connectivity index (χ1) is 15.5. The molecule has 0 aliphatic carbocycles. The SMILES string of the molecule is O=C(NN1CCC(CCCOc2ccc(Cl)c(F)c2)CC1)c1ccc2cc(Cl)ccc2n1. The van der Waals surface area contributed by atoms with Crippen LogP contribution in [0.15, 0.2) is 48.5 Å². The number of halogens is 3. The van der Waals surface area contributed by atoms with Gasteiger partial charge in [-0.3, -0.25) is 10.2 Å². The summed E-state index contributed by atoms with van der Waals surface area (Å²) in [6.45, 7) is 2.13. The van der Waals surface area contributed by atoms with Gasteiger partial charge in [-0.1, -0.05) is 29.3 Å². The molecule has 0 bridgehead atoms. The van der Waals surface area contributed by atoms with E-state index in [0.717, 1.165) is 49.7 Å². The maximum Gasteiger partial charge on any atom is 0.284 e. The largest absolute Gasteiger partial charge is 0.493 e. The summed E-state index contributed by atoms with van der Waals surface area (Å²) < 4.78 is 19.1. The van der Waals surface area contributed by atoms with Crippen LogP contribution in [0.3, 0.4) is 0 Å². The lowest BCUT2D eigenvalue weighted by Crippen LogP contribution is -2.46. The molecule has 0 atom stereocenters. The van der Waals surface area contributed by atoms with Crippen molar-refractivity contribution in [3.8, 4) is 5.75 Å². The fraction of sp³-hybridized carbons (Fsp3) is 0.333. The number of fused-ring (bicyclic) bond motifs is 1. The minimum absolute atomic E-state index is 0.0949. The molecule has 5 nitrogen and oxygen atoms in total. The topological polar surface area (TPSA) is 54.5 Å². The molecule has 168 valence electrons. The number of amides is 1. The molecule has 2 heterocycles. The molecule has 0 spiro atoms. The number of benzene rings is 2. The van der Waals surface area contributed by atoms with Gasteiger partial charge in [0.15, 0.2) is 0 Å². The van der Waals surface area contributed by atoms with E-state index < -0.39 is 5.82 Å². The number of aromatic nitrogens is 1. The summed E-state index contributed by atoms with van der Waals surface area (Å²) in [6, 6.07) is 13.5. The molecule has 1 aliphatic heterocycles. The van der Waals surface area contributed by atoms with Gasteiger partial charge in [-0.25, -0.2) is 14.4 Å². The first-order valence-corrected chi connectivity index (χ1v) is 11.4. The normalized spacial score (nSPS) is 15.1. The molecule has 2 aromatic carbocycles. The molecule has 1 aliphatic rings. The number of nitrogens with zero attached hydrogens (tertiary/aromatic N) is 2. The number of ether oxygens (including phenoxy) is 1. The summed E-state index contributed by atoms with van der Waals surface area (Å²) >= 11 is 11.7. The van der Waals surface area contributed by atoms with Crippen LogP contribution in [0.1, 0.15) is 36.2 Å². The first kappa shape index (κ1) is 22.8. The second kappa shape index (κ2) is 10.5. The van der Waals surface area contributed by atoms with Crippen molar-refractivity contribution in [1.29, 1.82) is 0 Å². The van der Waals surface area contributed by atoms with E-state index >= 15 is 0 Å². The zero-order valence-electron chi connectivity index (χ0n) is 17.5. The second-order valence-corrected chi connectivity index (χ2v) is 8.82. The summed E-state index contributed by atoms with van der Waals surface area (Å²) in [4.78, 5) is 17.0. The van der Waals surface area contributed by atoms with Gasteiger partial charge in [0.05, 0.1) is 17.1 Å². The molecular weight excluding hydrogens is 452 g/mol. The Morgan fingerprint density at radius 2 is 1.94 bits per heavy atom. The van der Waals surface area contributed by atoms with E-state index in [4.69, 9.17) is 27.9 Å². The van der Waals surface area contributed by atoms with Crippen molar-refractivity contribution in [2.24, 2.45) is 5.92 Å². The Morgan fingerprint density at radius 3 is 2.72 bits per heavy atom. The van der Waals surface area contributed by atoms with Crippen LogP contribution in [0.4, 0.5) is 4.39 Å². The highest BCUT2D eigenvalue weighted by Gasteiger charge is 2.21. The number of rotatable bonds is 7. The highest BCUT2D eigenvalue weighted by molar-refractivity contribution is 6.31. The molecule has 3 aromatic rings. The van der Waals surface area contributed by atoms with Crippen molar-refractivity contribution < 1.29 is 13.9 Å². The lowest BCUT2D eigenvalue weighted by Gasteiger charge is -2.32. The van der Waals surface area contributed by atoms with Crippen LogP contribution < -0.4 is 10.2 Å². The fourth-order valence-corrected chi connectivity index (χ4v) is 4.18. The van der Waals surface area contributed by atoms with E-state index in [1.165, 1.54) is 12.1 Å². The molecular formula is C24H24Cl2FN3O2. The number of carbonyl (C=O) groups excluding carboxylic acids is 1. The van der Waals surface area contributed by atoms with Crippen molar-refractivity contribution in [3.63, 3.8) is 0 Å². The van der Waals surface area contributed by atoms with Gasteiger partial charge < -0.3 is 4.74 Å². The molecule has 1 saturated heterocycles. The lowest BCUT2D eigenvalue weighted by molar-refractivity contribution is 0.0688. The fourth-order valence-electron chi connectivity index (χ4n) is 3.89. The van der Waals surface area contributed by atoms with Crippen LogP contribution in [0.2, 0.25) is 10.0 Å². The Bertz CT molecular complexity index is 1100. The number of pyridine rings is 1. The molecule has 4 rings (SSSR count). The van der Waals surface area contributed by atoms with Crippen molar-refractivity contribution in [3.05, 3.63) is 70.1 Å². The Balaban J connectivity index is 1.19. The molecule has 0 unspecified atom stereocenters. The predicted octanol–water partition coefficient (Wildman–Crippen LogP) is 5.90.